The fourth-order valence-corrected chi connectivity index (χ4v) is 3.06. The Hall–Kier alpha value is -3.27. The summed E-state index contributed by atoms with van der Waals surface area (Å²) in [6.45, 7) is 1.28. The van der Waals surface area contributed by atoms with E-state index in [0.717, 1.165) is 18.2 Å². The van der Waals surface area contributed by atoms with Crippen molar-refractivity contribution in [1.29, 1.82) is 5.26 Å². The van der Waals surface area contributed by atoms with Crippen LogP contribution in [-0.4, -0.2) is 47.8 Å². The zero-order valence-corrected chi connectivity index (χ0v) is 14.5. The number of hydrogen-bond acceptors (Lipinski definition) is 3. The minimum atomic E-state index is -0.771. The number of rotatable bonds is 2. The zero-order chi connectivity index (χ0) is 19.4. The molecule has 0 aliphatic carbocycles. The second-order valence-electron chi connectivity index (χ2n) is 6.25. The van der Waals surface area contributed by atoms with Crippen molar-refractivity contribution in [3.05, 3.63) is 70.8 Å². The van der Waals surface area contributed by atoms with Crippen molar-refractivity contribution >= 4 is 11.8 Å². The summed E-state index contributed by atoms with van der Waals surface area (Å²) in [6.07, 6.45) is 0.520. The standard InChI is InChI=1S/C20H17F2N3O2/c21-16-5-6-18(22)17(12-16)20(27)25-8-2-7-24(9-10-25)19(26)15-4-1-3-14(11-15)13-23/h1,3-6,11-12H,2,7-10H2. The molecule has 2 aromatic carbocycles. The lowest BCUT2D eigenvalue weighted by Crippen LogP contribution is -2.37. The number of hydrogen-bond donors (Lipinski definition) is 0. The average molecular weight is 369 g/mol. The summed E-state index contributed by atoms with van der Waals surface area (Å²) in [6, 6.07) is 11.2. The molecule has 7 heteroatoms. The number of nitrogens with zero attached hydrogens (tertiary/aromatic N) is 3. The van der Waals surface area contributed by atoms with E-state index in [1.165, 1.54) is 11.0 Å². The molecule has 5 nitrogen and oxygen atoms in total. The summed E-state index contributed by atoms with van der Waals surface area (Å²) in [5, 5.41) is 8.97. The van der Waals surface area contributed by atoms with Gasteiger partial charge in [-0.3, -0.25) is 9.59 Å². The molecule has 1 saturated heterocycles. The number of benzene rings is 2. The fraction of sp³-hybridized carbons (Fsp3) is 0.250. The highest BCUT2D eigenvalue weighted by Crippen LogP contribution is 2.16. The summed E-state index contributed by atoms with van der Waals surface area (Å²) >= 11 is 0. The molecular weight excluding hydrogens is 352 g/mol. The van der Waals surface area contributed by atoms with Crippen LogP contribution in [0.3, 0.4) is 0 Å². The molecule has 0 bridgehead atoms. The molecule has 2 amide bonds. The number of carbonyl (C=O) groups is 2. The lowest BCUT2D eigenvalue weighted by atomic mass is 10.1. The lowest BCUT2D eigenvalue weighted by Gasteiger charge is -2.22. The molecule has 1 aliphatic rings. The molecule has 2 aromatic rings. The van der Waals surface area contributed by atoms with Gasteiger partial charge in [0.05, 0.1) is 17.2 Å². The largest absolute Gasteiger partial charge is 0.337 e. The van der Waals surface area contributed by atoms with Gasteiger partial charge in [0.25, 0.3) is 11.8 Å². The van der Waals surface area contributed by atoms with Crippen LogP contribution in [-0.2, 0) is 0 Å². The molecule has 138 valence electrons. The Kier molecular flexibility index (Phi) is 5.46. The molecule has 1 heterocycles. The van der Waals surface area contributed by atoms with Crippen LogP contribution in [0.1, 0.15) is 32.7 Å². The SMILES string of the molecule is N#Cc1cccc(C(=O)N2CCCN(C(=O)c3cc(F)ccc3F)CC2)c1. The van der Waals surface area contributed by atoms with Gasteiger partial charge < -0.3 is 9.80 Å². The van der Waals surface area contributed by atoms with Crippen LogP contribution in [0, 0.1) is 23.0 Å². The van der Waals surface area contributed by atoms with Crippen LogP contribution in [0.2, 0.25) is 0 Å². The van der Waals surface area contributed by atoms with E-state index in [0.29, 0.717) is 30.6 Å². The molecule has 3 rings (SSSR count). The Bertz CT molecular complexity index is 924. The van der Waals surface area contributed by atoms with E-state index in [2.05, 4.69) is 0 Å². The van der Waals surface area contributed by atoms with Crippen LogP contribution < -0.4 is 0 Å². The molecule has 27 heavy (non-hydrogen) atoms. The van der Waals surface area contributed by atoms with Gasteiger partial charge in [0.1, 0.15) is 11.6 Å². The molecule has 1 aliphatic heterocycles. The molecular formula is C20H17F2N3O2. The van der Waals surface area contributed by atoms with Crippen molar-refractivity contribution < 1.29 is 18.4 Å². The van der Waals surface area contributed by atoms with E-state index in [1.54, 1.807) is 23.1 Å². The first kappa shape index (κ1) is 18.5. The van der Waals surface area contributed by atoms with Crippen molar-refractivity contribution in [2.24, 2.45) is 0 Å². The van der Waals surface area contributed by atoms with E-state index in [9.17, 15) is 18.4 Å². The smallest absolute Gasteiger partial charge is 0.256 e. The molecule has 0 aromatic heterocycles. The van der Waals surface area contributed by atoms with Crippen LogP contribution in [0.4, 0.5) is 8.78 Å². The van der Waals surface area contributed by atoms with Crippen LogP contribution in [0.15, 0.2) is 42.5 Å². The third kappa shape index (κ3) is 4.11. The highest BCUT2D eigenvalue weighted by molar-refractivity contribution is 5.95. The fourth-order valence-electron chi connectivity index (χ4n) is 3.06. The first-order valence-electron chi connectivity index (χ1n) is 8.53. The zero-order valence-electron chi connectivity index (χ0n) is 14.5. The van der Waals surface area contributed by atoms with Crippen molar-refractivity contribution in [1.82, 2.24) is 9.80 Å². The molecule has 0 spiro atoms. The molecule has 0 atom stereocenters. The molecule has 0 N–H and O–H groups in total. The molecule has 0 unspecified atom stereocenters. The van der Waals surface area contributed by atoms with Gasteiger partial charge in [-0.15, -0.1) is 0 Å². The number of nitriles is 1. The molecule has 0 radical (unpaired) electrons. The molecule has 1 fully saturated rings. The lowest BCUT2D eigenvalue weighted by molar-refractivity contribution is 0.0716. The summed E-state index contributed by atoms with van der Waals surface area (Å²) < 4.78 is 27.2. The minimum absolute atomic E-state index is 0.221. The third-order valence-corrected chi connectivity index (χ3v) is 4.47. The maximum Gasteiger partial charge on any atom is 0.256 e. The predicted molar refractivity (Wildman–Crippen MR) is 93.9 cm³/mol. The van der Waals surface area contributed by atoms with Gasteiger partial charge in [0.2, 0.25) is 0 Å². The van der Waals surface area contributed by atoms with E-state index in [1.807, 2.05) is 6.07 Å². The summed E-state index contributed by atoms with van der Waals surface area (Å²) in [7, 11) is 0. The van der Waals surface area contributed by atoms with Crippen molar-refractivity contribution in [2.75, 3.05) is 26.2 Å². The van der Waals surface area contributed by atoms with E-state index in [-0.39, 0.29) is 24.6 Å². The van der Waals surface area contributed by atoms with Gasteiger partial charge in [0, 0.05) is 31.7 Å². The van der Waals surface area contributed by atoms with E-state index < -0.39 is 17.5 Å². The van der Waals surface area contributed by atoms with Crippen molar-refractivity contribution in [3.8, 4) is 6.07 Å². The first-order chi connectivity index (χ1) is 13.0. The van der Waals surface area contributed by atoms with E-state index >= 15 is 0 Å². The number of halogens is 2. The van der Waals surface area contributed by atoms with Gasteiger partial charge in [-0.05, 0) is 42.8 Å². The van der Waals surface area contributed by atoms with Gasteiger partial charge >= 0.3 is 0 Å². The van der Waals surface area contributed by atoms with Gasteiger partial charge in [-0.1, -0.05) is 6.07 Å². The highest BCUT2D eigenvalue weighted by atomic mass is 19.1. The van der Waals surface area contributed by atoms with E-state index in [4.69, 9.17) is 5.26 Å². The first-order valence-corrected chi connectivity index (χ1v) is 8.53. The van der Waals surface area contributed by atoms with Gasteiger partial charge in [0.15, 0.2) is 0 Å². The average Bonchev–Trinajstić information content (AvgIpc) is 2.95. The quantitative estimate of drug-likeness (QED) is 0.818. The summed E-state index contributed by atoms with van der Waals surface area (Å²) in [5.74, 6) is -2.26. The second-order valence-corrected chi connectivity index (χ2v) is 6.25. The normalized spacial score (nSPS) is 14.4. The van der Waals surface area contributed by atoms with Crippen LogP contribution >= 0.6 is 0 Å². The van der Waals surface area contributed by atoms with Gasteiger partial charge in [-0.25, -0.2) is 8.78 Å². The second kappa shape index (κ2) is 7.96. The maximum absolute atomic E-state index is 13.9. The van der Waals surface area contributed by atoms with Crippen LogP contribution in [0.5, 0.6) is 0 Å². The third-order valence-electron chi connectivity index (χ3n) is 4.47. The topological polar surface area (TPSA) is 64.4 Å². The van der Waals surface area contributed by atoms with Crippen molar-refractivity contribution in [2.45, 2.75) is 6.42 Å². The highest BCUT2D eigenvalue weighted by Gasteiger charge is 2.25. The minimum Gasteiger partial charge on any atom is -0.337 e. The van der Waals surface area contributed by atoms with Crippen molar-refractivity contribution in [3.63, 3.8) is 0 Å². The Morgan fingerprint density at radius 1 is 0.926 bits per heavy atom. The summed E-state index contributed by atoms with van der Waals surface area (Å²) in [4.78, 5) is 28.2. The monoisotopic (exact) mass is 369 g/mol. The maximum atomic E-state index is 13.9. The number of amides is 2. The Morgan fingerprint density at radius 3 is 2.33 bits per heavy atom. The summed E-state index contributed by atoms with van der Waals surface area (Å²) in [5.41, 5.74) is 0.496. The predicted octanol–water partition coefficient (Wildman–Crippen LogP) is 2.82. The Balaban J connectivity index is 1.71. The number of carbonyl (C=O) groups excluding carboxylic acids is 2. The van der Waals surface area contributed by atoms with Crippen LogP contribution in [0.25, 0.3) is 0 Å². The molecule has 0 saturated carbocycles. The Morgan fingerprint density at radius 2 is 1.63 bits per heavy atom. The Labute approximate surface area is 155 Å². The van der Waals surface area contributed by atoms with Gasteiger partial charge in [-0.2, -0.15) is 5.26 Å².